The lowest BCUT2D eigenvalue weighted by molar-refractivity contribution is 0.0966. The van der Waals surface area contributed by atoms with Gasteiger partial charge < -0.3 is 11.1 Å². The Labute approximate surface area is 122 Å². The average molecular weight is 288 g/mol. The van der Waals surface area contributed by atoms with E-state index in [1.165, 1.54) is 0 Å². The smallest absolute Gasteiger partial charge is 0.256 e. The molecule has 0 bridgehead atoms. The van der Waals surface area contributed by atoms with Gasteiger partial charge in [0.25, 0.3) is 5.91 Å². The number of rotatable bonds is 4. The number of carbonyl (C=O) groups is 1. The second-order valence-corrected chi connectivity index (χ2v) is 5.26. The topological polar surface area (TPSA) is 55.1 Å². The van der Waals surface area contributed by atoms with Crippen LogP contribution in [0.4, 0.5) is 5.69 Å². The lowest BCUT2D eigenvalue weighted by atomic mass is 10.1. The fourth-order valence-electron chi connectivity index (χ4n) is 1.58. The predicted octanol–water partition coefficient (Wildman–Crippen LogP) is 3.55. The Balaban J connectivity index is 2.88. The van der Waals surface area contributed by atoms with Gasteiger partial charge >= 0.3 is 0 Å². The van der Waals surface area contributed by atoms with Crippen LogP contribution >= 0.6 is 9.24 Å². The SMILES string of the molecule is C=C(NC(=O)c1cc(N)ccc1C)/C(P)=C\C(C)=C/C. The summed E-state index contributed by atoms with van der Waals surface area (Å²) in [6.07, 6.45) is 3.93. The van der Waals surface area contributed by atoms with Gasteiger partial charge in [-0.25, -0.2) is 0 Å². The summed E-state index contributed by atoms with van der Waals surface area (Å²) in [4.78, 5) is 12.2. The highest BCUT2D eigenvalue weighted by Gasteiger charge is 2.11. The molecular formula is C16H21N2OP. The molecule has 1 aromatic rings. The van der Waals surface area contributed by atoms with Crippen LogP contribution in [0.2, 0.25) is 0 Å². The largest absolute Gasteiger partial charge is 0.399 e. The van der Waals surface area contributed by atoms with E-state index in [4.69, 9.17) is 5.73 Å². The van der Waals surface area contributed by atoms with Crippen molar-refractivity contribution in [3.63, 3.8) is 0 Å². The van der Waals surface area contributed by atoms with Crippen LogP contribution in [0.15, 0.2) is 53.5 Å². The summed E-state index contributed by atoms with van der Waals surface area (Å²) in [5, 5.41) is 3.63. The number of nitrogens with one attached hydrogen (secondary N) is 1. The number of allylic oxidation sites excluding steroid dienone is 4. The second kappa shape index (κ2) is 7.06. The van der Waals surface area contributed by atoms with E-state index in [0.717, 1.165) is 16.5 Å². The van der Waals surface area contributed by atoms with Gasteiger partial charge in [-0.05, 0) is 43.8 Å². The maximum absolute atomic E-state index is 12.2. The molecule has 1 rings (SSSR count). The Kier molecular flexibility index (Phi) is 5.72. The molecule has 0 aliphatic heterocycles. The van der Waals surface area contributed by atoms with Crippen molar-refractivity contribution >= 4 is 20.8 Å². The fourth-order valence-corrected chi connectivity index (χ4v) is 1.91. The molecule has 1 amide bonds. The van der Waals surface area contributed by atoms with Crippen LogP contribution in [0.25, 0.3) is 0 Å². The van der Waals surface area contributed by atoms with Gasteiger partial charge in [0.1, 0.15) is 0 Å². The molecule has 1 atom stereocenters. The highest BCUT2D eigenvalue weighted by Crippen LogP contribution is 2.18. The second-order valence-electron chi connectivity index (χ2n) is 4.64. The molecule has 0 saturated heterocycles. The Morgan fingerprint density at radius 2 is 2.10 bits per heavy atom. The van der Waals surface area contributed by atoms with Crippen molar-refractivity contribution in [1.82, 2.24) is 5.32 Å². The minimum absolute atomic E-state index is 0.203. The third-order valence-electron chi connectivity index (χ3n) is 2.96. The molecule has 0 aliphatic carbocycles. The summed E-state index contributed by atoms with van der Waals surface area (Å²) in [7, 11) is 2.58. The van der Waals surface area contributed by atoms with E-state index in [1.807, 2.05) is 39.0 Å². The number of nitrogens with two attached hydrogens (primary N) is 1. The van der Waals surface area contributed by atoms with Gasteiger partial charge in [0.2, 0.25) is 0 Å². The van der Waals surface area contributed by atoms with E-state index in [9.17, 15) is 4.79 Å². The average Bonchev–Trinajstić information content (AvgIpc) is 2.40. The van der Waals surface area contributed by atoms with Crippen molar-refractivity contribution in [1.29, 1.82) is 0 Å². The summed E-state index contributed by atoms with van der Waals surface area (Å²) >= 11 is 0. The van der Waals surface area contributed by atoms with E-state index in [1.54, 1.807) is 12.1 Å². The van der Waals surface area contributed by atoms with Gasteiger partial charge in [0.15, 0.2) is 0 Å². The van der Waals surface area contributed by atoms with Gasteiger partial charge in [-0.15, -0.1) is 9.24 Å². The molecule has 3 nitrogen and oxygen atoms in total. The highest BCUT2D eigenvalue weighted by atomic mass is 31.0. The van der Waals surface area contributed by atoms with Gasteiger partial charge in [-0.3, -0.25) is 4.79 Å². The van der Waals surface area contributed by atoms with Crippen molar-refractivity contribution in [2.75, 3.05) is 5.73 Å². The van der Waals surface area contributed by atoms with E-state index < -0.39 is 0 Å². The third-order valence-corrected chi connectivity index (χ3v) is 3.47. The number of nitrogen functional groups attached to an aromatic ring is 1. The summed E-state index contributed by atoms with van der Waals surface area (Å²) in [6, 6.07) is 5.27. The van der Waals surface area contributed by atoms with Crippen LogP contribution in [0, 0.1) is 6.92 Å². The Bertz CT molecular complexity index is 600. The van der Waals surface area contributed by atoms with Crippen molar-refractivity contribution in [3.8, 4) is 0 Å². The van der Waals surface area contributed by atoms with Crippen LogP contribution in [-0.2, 0) is 0 Å². The van der Waals surface area contributed by atoms with E-state index in [-0.39, 0.29) is 5.91 Å². The molecule has 4 heteroatoms. The highest BCUT2D eigenvalue weighted by molar-refractivity contribution is 7.23. The lowest BCUT2D eigenvalue weighted by Crippen LogP contribution is -2.23. The quantitative estimate of drug-likeness (QED) is 0.506. The van der Waals surface area contributed by atoms with Crippen molar-refractivity contribution < 1.29 is 4.79 Å². The summed E-state index contributed by atoms with van der Waals surface area (Å²) < 4.78 is 0. The number of hydrogen-bond donors (Lipinski definition) is 2. The molecule has 106 valence electrons. The molecule has 0 radical (unpaired) electrons. The number of hydrogen-bond acceptors (Lipinski definition) is 2. The monoisotopic (exact) mass is 288 g/mol. The maximum Gasteiger partial charge on any atom is 0.256 e. The van der Waals surface area contributed by atoms with Gasteiger partial charge in [0.05, 0.1) is 0 Å². The van der Waals surface area contributed by atoms with Crippen molar-refractivity contribution in [3.05, 3.63) is 64.6 Å². The zero-order valence-corrected chi connectivity index (χ0v) is 13.3. The first-order chi connectivity index (χ1) is 9.35. The van der Waals surface area contributed by atoms with Gasteiger partial charge in [-0.1, -0.05) is 30.4 Å². The fraction of sp³-hybridized carbons (Fsp3) is 0.188. The first-order valence-electron chi connectivity index (χ1n) is 6.32. The zero-order chi connectivity index (χ0) is 15.3. The molecule has 20 heavy (non-hydrogen) atoms. The Morgan fingerprint density at radius 1 is 1.45 bits per heavy atom. The van der Waals surface area contributed by atoms with Crippen molar-refractivity contribution in [2.24, 2.45) is 0 Å². The third kappa shape index (κ3) is 4.36. The van der Waals surface area contributed by atoms with Crippen LogP contribution in [-0.4, -0.2) is 5.91 Å². The lowest BCUT2D eigenvalue weighted by Gasteiger charge is -2.11. The van der Waals surface area contributed by atoms with Gasteiger partial charge in [0, 0.05) is 16.9 Å². The molecule has 0 aliphatic rings. The first-order valence-corrected chi connectivity index (χ1v) is 6.89. The number of carbonyl (C=O) groups excluding carboxylic acids is 1. The van der Waals surface area contributed by atoms with Crippen LogP contribution in [0.5, 0.6) is 0 Å². The number of amides is 1. The molecule has 3 N–H and O–H groups in total. The van der Waals surface area contributed by atoms with Gasteiger partial charge in [-0.2, -0.15) is 0 Å². The van der Waals surface area contributed by atoms with E-state index in [2.05, 4.69) is 21.1 Å². The molecule has 1 unspecified atom stereocenters. The molecule has 0 saturated carbocycles. The molecule has 1 aromatic carbocycles. The Morgan fingerprint density at radius 3 is 2.70 bits per heavy atom. The minimum atomic E-state index is -0.203. The van der Waals surface area contributed by atoms with Crippen LogP contribution in [0.1, 0.15) is 29.8 Å². The number of aryl methyl sites for hydroxylation is 1. The minimum Gasteiger partial charge on any atom is -0.399 e. The summed E-state index contributed by atoms with van der Waals surface area (Å²) in [5.74, 6) is -0.203. The maximum atomic E-state index is 12.2. The molecule has 0 aromatic heterocycles. The van der Waals surface area contributed by atoms with Crippen LogP contribution in [0.3, 0.4) is 0 Å². The number of anilines is 1. The predicted molar refractivity (Wildman–Crippen MR) is 89.4 cm³/mol. The first kappa shape index (κ1) is 16.2. The standard InChI is InChI=1S/C16H21N2OP/c1-5-10(2)8-15(20)12(4)18-16(19)14-9-13(17)7-6-11(14)3/h5-9H,4,17,20H2,1-3H3,(H,18,19)/b10-5-,15-8+. The summed E-state index contributed by atoms with van der Waals surface area (Å²) in [6.45, 7) is 9.70. The van der Waals surface area contributed by atoms with Crippen LogP contribution < -0.4 is 11.1 Å². The molecule has 0 heterocycles. The van der Waals surface area contributed by atoms with Crippen molar-refractivity contribution in [2.45, 2.75) is 20.8 Å². The zero-order valence-electron chi connectivity index (χ0n) is 12.2. The molecule has 0 fully saturated rings. The molecule has 0 spiro atoms. The summed E-state index contributed by atoms with van der Waals surface area (Å²) in [5.41, 5.74) is 9.38. The normalized spacial score (nSPS) is 12.2. The van der Waals surface area contributed by atoms with E-state index in [0.29, 0.717) is 16.9 Å². The Hall–Kier alpha value is -1.86. The van der Waals surface area contributed by atoms with E-state index >= 15 is 0 Å². The molecular weight excluding hydrogens is 267 g/mol. The number of benzene rings is 1.